The van der Waals surface area contributed by atoms with E-state index in [0.717, 1.165) is 11.1 Å². The van der Waals surface area contributed by atoms with E-state index in [0.29, 0.717) is 32.4 Å². The van der Waals surface area contributed by atoms with Gasteiger partial charge in [0, 0.05) is 39.1 Å². The summed E-state index contributed by atoms with van der Waals surface area (Å²) in [6.45, 7) is 16.0. The number of hydrogen-bond acceptors (Lipinski definition) is 13. The van der Waals surface area contributed by atoms with Crippen molar-refractivity contribution in [2.75, 3.05) is 39.3 Å². The Bertz CT molecular complexity index is 2410. The lowest BCUT2D eigenvalue weighted by molar-refractivity contribution is -0.150. The van der Waals surface area contributed by atoms with Crippen LogP contribution in [-0.4, -0.2) is 163 Å². The van der Waals surface area contributed by atoms with Crippen LogP contribution >= 0.6 is 0 Å². The van der Waals surface area contributed by atoms with Gasteiger partial charge in [-0.15, -0.1) is 0 Å². The molecule has 2 bridgehead atoms. The minimum atomic E-state index is -1.20. The molecule has 3 fully saturated rings. The number of rotatable bonds is 16. The van der Waals surface area contributed by atoms with Gasteiger partial charge in [0.25, 0.3) is 5.91 Å². The van der Waals surface area contributed by atoms with Crippen molar-refractivity contribution in [3.8, 4) is 0 Å². The molecule has 448 valence electrons. The Morgan fingerprint density at radius 2 is 1.00 bits per heavy atom. The fraction of sp³-hybridized carbons (Fsp3) is 0.644. The van der Waals surface area contributed by atoms with E-state index in [1.165, 1.54) is 4.90 Å². The third-order valence-corrected chi connectivity index (χ3v) is 14.9. The maximum absolute atomic E-state index is 14.9. The van der Waals surface area contributed by atoms with Gasteiger partial charge in [-0.3, -0.25) is 48.1 Å². The summed E-state index contributed by atoms with van der Waals surface area (Å²) in [6, 6.07) is 9.58. The Morgan fingerprint density at radius 1 is 0.531 bits per heavy atom. The van der Waals surface area contributed by atoms with Gasteiger partial charge in [0.15, 0.2) is 0 Å². The van der Waals surface area contributed by atoms with Gasteiger partial charge in [0.1, 0.15) is 54.4 Å². The number of ether oxygens (including phenoxy) is 1. The largest absolute Gasteiger partial charge is 0.361 e. The van der Waals surface area contributed by atoms with Gasteiger partial charge in [-0.25, -0.2) is 0 Å². The van der Waals surface area contributed by atoms with Crippen LogP contribution in [0.1, 0.15) is 118 Å². The lowest BCUT2D eigenvalue weighted by atomic mass is 9.99. The van der Waals surface area contributed by atoms with Gasteiger partial charge >= 0.3 is 0 Å². The second kappa shape index (κ2) is 32.2. The van der Waals surface area contributed by atoms with Crippen molar-refractivity contribution in [3.05, 3.63) is 71.8 Å². The van der Waals surface area contributed by atoms with Gasteiger partial charge in [-0.1, -0.05) is 116 Å². The van der Waals surface area contributed by atoms with Crippen LogP contribution in [0.15, 0.2) is 60.7 Å². The van der Waals surface area contributed by atoms with Gasteiger partial charge in [-0.05, 0) is 99.3 Å². The molecule has 3 aliphatic rings. The number of amides is 9. The Morgan fingerprint density at radius 3 is 1.51 bits per heavy atom. The normalized spacial score (nSPS) is 26.9. The smallest absolute Gasteiger partial charge is 0.251 e. The van der Waals surface area contributed by atoms with Crippen molar-refractivity contribution < 1.29 is 47.9 Å². The SMILES string of the molecule is CC(C)C[C@@H]1NC(=O)[C@H](CCCN)NC(=O)[C@H](C(C)C)NC(=O)[C@@H]2CCCN2C(=O)[C@@H](Cc2ccccc2)NC(=O)[C@H](CC(C)C)NC(=O)[C@H](CCCN)NC(=O)[C@H](C(C)C)NC(=O)[C@@H]2CN(Cc3ccccc3)C[C@@H](CNC1=O)O2. The summed E-state index contributed by atoms with van der Waals surface area (Å²) < 4.78 is 6.42. The lowest BCUT2D eigenvalue weighted by Crippen LogP contribution is -2.62. The van der Waals surface area contributed by atoms with Crippen molar-refractivity contribution in [3.63, 3.8) is 0 Å². The molecule has 2 aromatic carbocycles. The molecule has 3 heterocycles. The van der Waals surface area contributed by atoms with Gasteiger partial charge < -0.3 is 63.6 Å². The van der Waals surface area contributed by atoms with E-state index in [-0.39, 0.29) is 83.1 Å². The number of hydrogen-bond donors (Lipinski definition) is 10. The first-order valence-corrected chi connectivity index (χ1v) is 29.1. The van der Waals surface area contributed by atoms with Crippen molar-refractivity contribution in [2.45, 2.75) is 180 Å². The summed E-state index contributed by atoms with van der Waals surface area (Å²) >= 11 is 0. The molecule has 9 amide bonds. The summed E-state index contributed by atoms with van der Waals surface area (Å²) in [5.74, 6) is -6.67. The molecule has 0 aliphatic carbocycles. The van der Waals surface area contributed by atoms with Gasteiger partial charge in [0.2, 0.25) is 47.3 Å². The Balaban J connectivity index is 1.55. The highest BCUT2D eigenvalue weighted by Gasteiger charge is 2.42. The fourth-order valence-electron chi connectivity index (χ4n) is 10.5. The standard InChI is InChI=1S/C59H92N12O10/c1-35(2)28-44-51(72)62-31-41-33-70(32-40-20-13-10-14-21-40)34-48(81-41)56(77)69-50(38(7)8)58(79)64-43(23-16-26-61)53(74)66-45(29-36(3)4)54(75)67-46(30-39-18-11-9-12-19-39)59(80)71-27-17-24-47(71)55(76)68-49(37(5)6)57(78)63-42(22-15-25-60)52(73)65-44/h9-14,18-21,35-38,41-50H,15-17,22-34,60-61H2,1-8H3,(H,62,72)(H,63,78)(H,64,79)(H,65,73)(H,66,74)(H,67,75)(H,68,76)(H,69,77)/t41-,42+,43+,44+,45+,46-,47+,48+,49+,50+/m1/s1. The molecule has 81 heavy (non-hydrogen) atoms. The summed E-state index contributed by atoms with van der Waals surface area (Å²) in [5, 5.41) is 23.0. The molecular formula is C59H92N12O10. The van der Waals surface area contributed by atoms with E-state index in [1.807, 2.05) is 81.1 Å². The molecule has 0 saturated carbocycles. The second-order valence-electron chi connectivity index (χ2n) is 23.4. The Kier molecular flexibility index (Phi) is 26.0. The number of fused-ring (bicyclic) bond motifs is 3. The van der Waals surface area contributed by atoms with Crippen molar-refractivity contribution in [1.29, 1.82) is 0 Å². The quantitative estimate of drug-likeness (QED) is 0.112. The minimum Gasteiger partial charge on any atom is -0.361 e. The maximum Gasteiger partial charge on any atom is 0.251 e. The average Bonchev–Trinajstić information content (AvgIpc) is 4.00. The molecule has 22 heteroatoms. The van der Waals surface area contributed by atoms with Crippen LogP contribution in [-0.2, 0) is 60.9 Å². The number of carbonyl (C=O) groups excluding carboxylic acids is 9. The van der Waals surface area contributed by atoms with Gasteiger partial charge in [-0.2, -0.15) is 0 Å². The van der Waals surface area contributed by atoms with Crippen molar-refractivity contribution >= 4 is 53.2 Å². The predicted molar refractivity (Wildman–Crippen MR) is 307 cm³/mol. The number of nitrogens with one attached hydrogen (secondary N) is 8. The highest BCUT2D eigenvalue weighted by Crippen LogP contribution is 2.22. The summed E-state index contributed by atoms with van der Waals surface area (Å²) in [5.41, 5.74) is 13.5. The van der Waals surface area contributed by atoms with E-state index < -0.39 is 126 Å². The van der Waals surface area contributed by atoms with E-state index >= 15 is 0 Å². The predicted octanol–water partition coefficient (Wildman–Crippen LogP) is 0.895. The molecule has 12 N–H and O–H groups in total. The summed E-state index contributed by atoms with van der Waals surface area (Å²) in [6.07, 6.45) is 0.173. The average molecular weight is 1130 g/mol. The molecule has 0 aromatic heterocycles. The van der Waals surface area contributed by atoms with Crippen LogP contribution in [0.3, 0.4) is 0 Å². The summed E-state index contributed by atoms with van der Waals surface area (Å²) in [7, 11) is 0. The van der Waals surface area contributed by atoms with E-state index in [4.69, 9.17) is 16.2 Å². The molecule has 3 aliphatic heterocycles. The highest BCUT2D eigenvalue weighted by molar-refractivity contribution is 5.98. The highest BCUT2D eigenvalue weighted by atomic mass is 16.5. The van der Waals surface area contributed by atoms with Gasteiger partial charge in [0.05, 0.1) is 6.10 Å². The summed E-state index contributed by atoms with van der Waals surface area (Å²) in [4.78, 5) is 134. The third-order valence-electron chi connectivity index (χ3n) is 14.9. The first kappa shape index (κ1) is 65.3. The van der Waals surface area contributed by atoms with Crippen LogP contribution in [0.5, 0.6) is 0 Å². The van der Waals surface area contributed by atoms with Crippen LogP contribution in [0, 0.1) is 23.7 Å². The van der Waals surface area contributed by atoms with E-state index in [1.54, 1.807) is 39.8 Å². The molecule has 3 saturated heterocycles. The molecule has 22 nitrogen and oxygen atoms in total. The molecular weight excluding hydrogens is 1040 g/mol. The van der Waals surface area contributed by atoms with E-state index in [2.05, 4.69) is 42.5 Å². The monoisotopic (exact) mass is 1130 g/mol. The number of morpholine rings is 1. The first-order valence-electron chi connectivity index (χ1n) is 29.1. The van der Waals surface area contributed by atoms with E-state index in [9.17, 15) is 43.2 Å². The number of nitrogens with two attached hydrogens (primary N) is 2. The number of carbonyl (C=O) groups is 9. The maximum atomic E-state index is 14.9. The topological polar surface area (TPSA) is 318 Å². The number of benzene rings is 2. The zero-order valence-corrected chi connectivity index (χ0v) is 48.8. The zero-order valence-electron chi connectivity index (χ0n) is 48.8. The van der Waals surface area contributed by atoms with Crippen molar-refractivity contribution in [1.82, 2.24) is 52.3 Å². The zero-order chi connectivity index (χ0) is 59.3. The van der Waals surface area contributed by atoms with Crippen LogP contribution < -0.4 is 54.0 Å². The Labute approximate surface area is 478 Å². The molecule has 0 unspecified atom stereocenters. The molecule has 10 atom stereocenters. The van der Waals surface area contributed by atoms with Crippen molar-refractivity contribution in [2.24, 2.45) is 35.1 Å². The molecule has 2 aromatic rings. The fourth-order valence-corrected chi connectivity index (χ4v) is 10.5. The van der Waals surface area contributed by atoms with Crippen LogP contribution in [0.4, 0.5) is 0 Å². The van der Waals surface area contributed by atoms with Crippen LogP contribution in [0.2, 0.25) is 0 Å². The van der Waals surface area contributed by atoms with Crippen LogP contribution in [0.25, 0.3) is 0 Å². The first-order chi connectivity index (χ1) is 38.6. The minimum absolute atomic E-state index is 0.0384. The number of nitrogens with zero attached hydrogens (tertiary/aromatic N) is 2. The molecule has 0 spiro atoms. The lowest BCUT2D eigenvalue weighted by Gasteiger charge is -2.38. The molecule has 0 radical (unpaired) electrons. The third kappa shape index (κ3) is 20.2. The Hall–Kier alpha value is -6.49. The molecule has 5 rings (SSSR count). The second-order valence-corrected chi connectivity index (χ2v) is 23.4.